The first-order valence-electron chi connectivity index (χ1n) is 15.6. The number of likely N-dealkylation sites (tertiary alicyclic amines) is 1. The highest BCUT2D eigenvalue weighted by Gasteiger charge is 2.53. The van der Waals surface area contributed by atoms with E-state index in [2.05, 4.69) is 67.7 Å². The number of hydrogen-bond donors (Lipinski definition) is 0. The van der Waals surface area contributed by atoms with Crippen LogP contribution in [0.15, 0.2) is 29.2 Å². The van der Waals surface area contributed by atoms with Crippen molar-refractivity contribution in [1.82, 2.24) is 4.90 Å². The minimum absolute atomic E-state index is 0.0103. The third kappa shape index (κ3) is 10.4. The van der Waals surface area contributed by atoms with Crippen LogP contribution in [-0.2, 0) is 27.9 Å². The Kier molecular flexibility index (Phi) is 12.0. The standard InChI is InChI=1S/C32H59NO7SSi2/c1-24-18-20-25(21-19-24)41(35,36)37-22-16-15-17-26-28(40-43(13,14)32(8,9)10)27(39-42(11,12)31(5,6)7)23-33(26)29(34)38-30(2,3)4/h18-21,26-28H,15-17,22-23H2,1-14H3/t26-,27-,28-/m0/s1. The Balaban J connectivity index is 2.32. The number of unbranched alkanes of at least 4 members (excludes halogenated alkanes) is 1. The molecule has 1 fully saturated rings. The number of hydrogen-bond acceptors (Lipinski definition) is 7. The van der Waals surface area contributed by atoms with Gasteiger partial charge in [0.05, 0.1) is 36.3 Å². The van der Waals surface area contributed by atoms with Gasteiger partial charge in [0.2, 0.25) is 0 Å². The lowest BCUT2D eigenvalue weighted by Gasteiger charge is -2.44. The van der Waals surface area contributed by atoms with Gasteiger partial charge in [-0.25, -0.2) is 4.79 Å². The fraction of sp³-hybridized carbons (Fsp3) is 0.781. The van der Waals surface area contributed by atoms with Crippen molar-refractivity contribution in [1.29, 1.82) is 0 Å². The predicted molar refractivity (Wildman–Crippen MR) is 179 cm³/mol. The molecule has 1 amide bonds. The zero-order valence-corrected chi connectivity index (χ0v) is 32.1. The Hall–Kier alpha value is -1.25. The summed E-state index contributed by atoms with van der Waals surface area (Å²) in [6.45, 7) is 30.2. The molecule has 8 nitrogen and oxygen atoms in total. The molecule has 11 heteroatoms. The van der Waals surface area contributed by atoms with E-state index in [0.29, 0.717) is 25.8 Å². The van der Waals surface area contributed by atoms with Gasteiger partial charge in [-0.05, 0) is 95.4 Å². The predicted octanol–water partition coefficient (Wildman–Crippen LogP) is 8.27. The molecule has 43 heavy (non-hydrogen) atoms. The first-order chi connectivity index (χ1) is 19.3. The van der Waals surface area contributed by atoms with Crippen LogP contribution in [0.3, 0.4) is 0 Å². The molecule has 248 valence electrons. The van der Waals surface area contributed by atoms with Crippen molar-refractivity contribution in [2.75, 3.05) is 13.2 Å². The van der Waals surface area contributed by atoms with Gasteiger partial charge in [0.25, 0.3) is 10.1 Å². The van der Waals surface area contributed by atoms with Gasteiger partial charge in [-0.1, -0.05) is 59.2 Å². The summed E-state index contributed by atoms with van der Waals surface area (Å²) < 4.78 is 50.7. The van der Waals surface area contributed by atoms with Crippen LogP contribution in [0.1, 0.15) is 87.1 Å². The molecule has 1 aromatic carbocycles. The van der Waals surface area contributed by atoms with Crippen molar-refractivity contribution < 1.29 is 31.0 Å². The van der Waals surface area contributed by atoms with Crippen molar-refractivity contribution in [2.24, 2.45) is 0 Å². The summed E-state index contributed by atoms with van der Waals surface area (Å²) in [6, 6.07) is 6.37. The SMILES string of the molecule is Cc1ccc(S(=O)(=O)OCCCC[C@H]2[C@H](O[Si](C)(C)C(C)(C)C)[C@@H](O[Si](C)(C)C(C)(C)C)CN2C(=O)OC(C)(C)C)cc1. The Morgan fingerprint density at radius 2 is 1.37 bits per heavy atom. The number of rotatable bonds is 11. The number of amides is 1. The van der Waals surface area contributed by atoms with Crippen LogP contribution < -0.4 is 0 Å². The molecule has 0 aliphatic carbocycles. The normalized spacial score (nSPS) is 20.9. The highest BCUT2D eigenvalue weighted by molar-refractivity contribution is 7.86. The lowest BCUT2D eigenvalue weighted by atomic mass is 10.0. The maximum Gasteiger partial charge on any atom is 0.410 e. The maximum atomic E-state index is 13.6. The zero-order valence-electron chi connectivity index (χ0n) is 29.3. The number of benzene rings is 1. The first-order valence-corrected chi connectivity index (χ1v) is 22.8. The monoisotopic (exact) mass is 657 g/mol. The summed E-state index contributed by atoms with van der Waals surface area (Å²) in [5.74, 6) is 0. The fourth-order valence-electron chi connectivity index (χ4n) is 4.44. The van der Waals surface area contributed by atoms with Crippen molar-refractivity contribution in [2.45, 2.75) is 154 Å². The summed E-state index contributed by atoms with van der Waals surface area (Å²) in [5.41, 5.74) is 0.337. The molecular weight excluding hydrogens is 599 g/mol. The average Bonchev–Trinajstić information content (AvgIpc) is 3.12. The van der Waals surface area contributed by atoms with Crippen LogP contribution >= 0.6 is 0 Å². The van der Waals surface area contributed by atoms with Crippen LogP contribution in [0.2, 0.25) is 36.3 Å². The highest BCUT2D eigenvalue weighted by atomic mass is 32.2. The lowest BCUT2D eigenvalue weighted by Crippen LogP contribution is -2.53. The van der Waals surface area contributed by atoms with Gasteiger partial charge in [-0.15, -0.1) is 0 Å². The molecule has 1 aliphatic rings. The second-order valence-electron chi connectivity index (χ2n) is 16.0. The fourth-order valence-corrected chi connectivity index (χ4v) is 8.04. The molecule has 0 saturated carbocycles. The molecule has 0 bridgehead atoms. The number of carbonyl (C=O) groups excluding carboxylic acids is 1. The minimum atomic E-state index is -3.83. The average molecular weight is 658 g/mol. The molecule has 0 aromatic heterocycles. The van der Waals surface area contributed by atoms with E-state index in [9.17, 15) is 13.2 Å². The summed E-state index contributed by atoms with van der Waals surface area (Å²) in [4.78, 5) is 15.5. The van der Waals surface area contributed by atoms with Crippen LogP contribution in [0.4, 0.5) is 4.79 Å². The van der Waals surface area contributed by atoms with Gasteiger partial charge in [0.15, 0.2) is 16.6 Å². The van der Waals surface area contributed by atoms with Gasteiger partial charge in [0.1, 0.15) is 5.60 Å². The summed E-state index contributed by atoms with van der Waals surface area (Å²) in [5, 5.41) is -0.0414. The van der Waals surface area contributed by atoms with E-state index in [-0.39, 0.29) is 45.9 Å². The van der Waals surface area contributed by atoms with Crippen molar-refractivity contribution in [3.05, 3.63) is 29.8 Å². The van der Waals surface area contributed by atoms with Crippen LogP contribution in [0, 0.1) is 6.92 Å². The number of carbonyl (C=O) groups is 1. The summed E-state index contributed by atoms with van der Waals surface area (Å²) >= 11 is 0. The van der Waals surface area contributed by atoms with Gasteiger partial charge < -0.3 is 13.6 Å². The third-order valence-electron chi connectivity index (χ3n) is 9.08. The second-order valence-corrected chi connectivity index (χ2v) is 27.2. The topological polar surface area (TPSA) is 91.4 Å². The Bertz CT molecular complexity index is 1180. The Morgan fingerprint density at radius 3 is 1.86 bits per heavy atom. The smallest absolute Gasteiger partial charge is 0.410 e. The molecule has 0 radical (unpaired) electrons. The Labute approximate surface area is 264 Å². The van der Waals surface area contributed by atoms with E-state index < -0.39 is 32.4 Å². The minimum Gasteiger partial charge on any atom is -0.444 e. The Morgan fingerprint density at radius 1 is 0.860 bits per heavy atom. The molecule has 0 N–H and O–H groups in total. The molecule has 1 heterocycles. The van der Waals surface area contributed by atoms with Crippen molar-refractivity contribution in [3.8, 4) is 0 Å². The van der Waals surface area contributed by atoms with Gasteiger partial charge in [0, 0.05) is 0 Å². The maximum absolute atomic E-state index is 13.6. The van der Waals surface area contributed by atoms with E-state index in [4.69, 9.17) is 17.8 Å². The molecule has 2 rings (SSSR count). The molecule has 3 atom stereocenters. The first kappa shape index (κ1) is 37.9. The molecule has 0 spiro atoms. The highest BCUT2D eigenvalue weighted by Crippen LogP contribution is 2.43. The molecule has 1 aliphatic heterocycles. The summed E-state index contributed by atoms with van der Waals surface area (Å²) in [7, 11) is -8.29. The van der Waals surface area contributed by atoms with Crippen LogP contribution in [-0.4, -0.2) is 73.0 Å². The van der Waals surface area contributed by atoms with E-state index in [0.717, 1.165) is 5.56 Å². The van der Waals surface area contributed by atoms with E-state index >= 15 is 0 Å². The number of aryl methyl sites for hydroxylation is 1. The van der Waals surface area contributed by atoms with Gasteiger partial charge in [-0.2, -0.15) is 8.42 Å². The lowest BCUT2D eigenvalue weighted by molar-refractivity contribution is 0.0142. The van der Waals surface area contributed by atoms with E-state index in [1.807, 2.05) is 27.7 Å². The quantitative estimate of drug-likeness (QED) is 0.134. The number of ether oxygens (including phenoxy) is 1. The molecule has 0 unspecified atom stereocenters. The number of nitrogens with zero attached hydrogens (tertiary/aromatic N) is 1. The van der Waals surface area contributed by atoms with Crippen molar-refractivity contribution in [3.63, 3.8) is 0 Å². The largest absolute Gasteiger partial charge is 0.444 e. The third-order valence-corrected chi connectivity index (χ3v) is 19.4. The van der Waals surface area contributed by atoms with Crippen molar-refractivity contribution >= 4 is 32.8 Å². The molecule has 1 saturated heterocycles. The van der Waals surface area contributed by atoms with E-state index in [1.165, 1.54) is 0 Å². The molecule has 1 aromatic rings. The van der Waals surface area contributed by atoms with Gasteiger partial charge >= 0.3 is 6.09 Å². The molecular formula is C32H59NO7SSi2. The summed E-state index contributed by atoms with van der Waals surface area (Å²) in [6.07, 6.45) is 0.803. The van der Waals surface area contributed by atoms with Crippen LogP contribution in [0.25, 0.3) is 0 Å². The second kappa shape index (κ2) is 13.6. The van der Waals surface area contributed by atoms with Crippen LogP contribution in [0.5, 0.6) is 0 Å². The van der Waals surface area contributed by atoms with E-state index in [1.54, 1.807) is 29.2 Å². The zero-order chi connectivity index (χ0) is 33.2. The van der Waals surface area contributed by atoms with Gasteiger partial charge in [-0.3, -0.25) is 9.08 Å².